The normalized spacial score (nSPS) is 10.9. The molecule has 0 unspecified atom stereocenters. The molecule has 0 amide bonds. The fourth-order valence-corrected chi connectivity index (χ4v) is 2.53. The molecular weight excluding hydrogens is 335 g/mol. The molecule has 0 fully saturated rings. The largest absolute Gasteiger partial charge is 0.504 e. The zero-order valence-corrected chi connectivity index (χ0v) is 13.2. The van der Waals surface area contributed by atoms with Crippen LogP contribution in [0.25, 0.3) is 0 Å². The van der Waals surface area contributed by atoms with Crippen molar-refractivity contribution in [3.8, 4) is 11.5 Å². The monoisotopic (exact) mass is 344 g/mol. The molecule has 0 heterocycles. The standard InChI is InChI=1S/C14H11Cl3N2O2/c1-21-12-4-2-3-8(14(12)20)7-18-19-13-10(16)5-9(15)6-11(13)17/h2-7,19-20H,1H3. The number of halogens is 3. The molecule has 0 spiro atoms. The number of aromatic hydroxyl groups is 1. The number of hydrazone groups is 1. The van der Waals surface area contributed by atoms with E-state index in [2.05, 4.69) is 10.5 Å². The maximum Gasteiger partial charge on any atom is 0.166 e. The second-order valence-corrected chi connectivity index (χ2v) is 5.26. The summed E-state index contributed by atoms with van der Waals surface area (Å²) < 4.78 is 5.01. The summed E-state index contributed by atoms with van der Waals surface area (Å²) in [7, 11) is 1.47. The Morgan fingerprint density at radius 1 is 1.19 bits per heavy atom. The van der Waals surface area contributed by atoms with Gasteiger partial charge in [0.2, 0.25) is 0 Å². The number of anilines is 1. The van der Waals surface area contributed by atoms with Gasteiger partial charge in [0.25, 0.3) is 0 Å². The molecule has 2 aromatic carbocycles. The van der Waals surface area contributed by atoms with E-state index in [1.807, 2.05) is 0 Å². The minimum absolute atomic E-state index is 0.00106. The van der Waals surface area contributed by atoms with Crippen molar-refractivity contribution in [2.24, 2.45) is 5.10 Å². The van der Waals surface area contributed by atoms with Crippen molar-refractivity contribution >= 4 is 46.7 Å². The van der Waals surface area contributed by atoms with E-state index in [1.54, 1.807) is 30.3 Å². The van der Waals surface area contributed by atoms with Crippen LogP contribution in [0.2, 0.25) is 15.1 Å². The van der Waals surface area contributed by atoms with E-state index in [0.717, 1.165) is 0 Å². The second kappa shape index (κ2) is 6.89. The summed E-state index contributed by atoms with van der Waals surface area (Å²) in [5.41, 5.74) is 3.64. The van der Waals surface area contributed by atoms with E-state index in [1.165, 1.54) is 13.3 Å². The van der Waals surface area contributed by atoms with Crippen molar-refractivity contribution in [1.82, 2.24) is 0 Å². The third-order valence-electron chi connectivity index (χ3n) is 2.64. The number of phenolic OH excluding ortho intramolecular Hbond substituents is 1. The molecule has 0 radical (unpaired) electrons. The predicted octanol–water partition coefficient (Wildman–Crippen LogP) is 4.81. The van der Waals surface area contributed by atoms with E-state index in [9.17, 15) is 5.11 Å². The molecule has 0 aliphatic heterocycles. The van der Waals surface area contributed by atoms with Crippen LogP contribution in [-0.2, 0) is 0 Å². The number of nitrogens with one attached hydrogen (secondary N) is 1. The zero-order chi connectivity index (χ0) is 15.4. The minimum atomic E-state index is -0.00106. The summed E-state index contributed by atoms with van der Waals surface area (Å²) in [4.78, 5) is 0. The Balaban J connectivity index is 2.21. The molecule has 7 heteroatoms. The SMILES string of the molecule is COc1cccc(C=NNc2c(Cl)cc(Cl)cc2Cl)c1O. The van der Waals surface area contributed by atoms with Gasteiger partial charge in [-0.1, -0.05) is 40.9 Å². The summed E-state index contributed by atoms with van der Waals surface area (Å²) in [5.74, 6) is 0.361. The molecule has 0 aliphatic rings. The van der Waals surface area contributed by atoms with Gasteiger partial charge in [0.05, 0.1) is 29.1 Å². The van der Waals surface area contributed by atoms with E-state index in [4.69, 9.17) is 39.5 Å². The van der Waals surface area contributed by atoms with Gasteiger partial charge >= 0.3 is 0 Å². The number of nitrogens with zero attached hydrogens (tertiary/aromatic N) is 1. The van der Waals surface area contributed by atoms with Crippen LogP contribution in [0, 0.1) is 0 Å². The maximum absolute atomic E-state index is 9.92. The lowest BCUT2D eigenvalue weighted by Gasteiger charge is -2.07. The van der Waals surface area contributed by atoms with Gasteiger partial charge in [-0.2, -0.15) is 5.10 Å². The summed E-state index contributed by atoms with van der Waals surface area (Å²) in [5, 5.41) is 15.0. The number of hydrogen-bond donors (Lipinski definition) is 2. The van der Waals surface area contributed by atoms with Gasteiger partial charge in [-0.3, -0.25) is 5.43 Å². The molecule has 0 saturated heterocycles. The van der Waals surface area contributed by atoms with Crippen molar-refractivity contribution in [1.29, 1.82) is 0 Å². The van der Waals surface area contributed by atoms with Gasteiger partial charge in [0.1, 0.15) is 0 Å². The van der Waals surface area contributed by atoms with Gasteiger partial charge < -0.3 is 9.84 Å². The van der Waals surface area contributed by atoms with Crippen LogP contribution in [0.15, 0.2) is 35.4 Å². The van der Waals surface area contributed by atoms with Crippen LogP contribution in [0.4, 0.5) is 5.69 Å². The quantitative estimate of drug-likeness (QED) is 0.618. The molecule has 2 N–H and O–H groups in total. The Kier molecular flexibility index (Phi) is 5.17. The number of hydrogen-bond acceptors (Lipinski definition) is 4. The molecule has 2 aromatic rings. The Labute approximate surface area is 136 Å². The summed E-state index contributed by atoms with van der Waals surface area (Å²) in [6.07, 6.45) is 1.43. The molecule has 21 heavy (non-hydrogen) atoms. The highest BCUT2D eigenvalue weighted by molar-refractivity contribution is 6.41. The van der Waals surface area contributed by atoms with Crippen molar-refractivity contribution in [3.63, 3.8) is 0 Å². The Morgan fingerprint density at radius 3 is 2.48 bits per heavy atom. The lowest BCUT2D eigenvalue weighted by molar-refractivity contribution is 0.373. The van der Waals surface area contributed by atoms with Gasteiger partial charge in [-0.25, -0.2) is 0 Å². The smallest absolute Gasteiger partial charge is 0.166 e. The first-order valence-corrected chi connectivity index (χ1v) is 6.96. The first-order valence-electron chi connectivity index (χ1n) is 5.82. The van der Waals surface area contributed by atoms with Crippen LogP contribution < -0.4 is 10.2 Å². The second-order valence-electron chi connectivity index (χ2n) is 4.01. The highest BCUT2D eigenvalue weighted by atomic mass is 35.5. The highest BCUT2D eigenvalue weighted by Gasteiger charge is 2.07. The third-order valence-corrected chi connectivity index (χ3v) is 3.45. The number of methoxy groups -OCH3 is 1. The first kappa shape index (κ1) is 15.8. The molecule has 0 saturated carbocycles. The van der Waals surface area contributed by atoms with Crippen LogP contribution in [0.5, 0.6) is 11.5 Å². The molecule has 2 rings (SSSR count). The Bertz CT molecular complexity index is 667. The number of para-hydroxylation sites is 1. The number of phenols is 1. The number of benzene rings is 2. The van der Waals surface area contributed by atoms with Crippen molar-refractivity contribution in [2.45, 2.75) is 0 Å². The van der Waals surface area contributed by atoms with Crippen LogP contribution >= 0.6 is 34.8 Å². The summed E-state index contributed by atoms with van der Waals surface area (Å²) in [6.45, 7) is 0. The third kappa shape index (κ3) is 3.73. The molecule has 0 aliphatic carbocycles. The van der Waals surface area contributed by atoms with Crippen LogP contribution in [0.1, 0.15) is 5.56 Å². The topological polar surface area (TPSA) is 53.8 Å². The predicted molar refractivity (Wildman–Crippen MR) is 87.3 cm³/mol. The number of rotatable bonds is 4. The molecule has 4 nitrogen and oxygen atoms in total. The molecule has 0 atom stereocenters. The van der Waals surface area contributed by atoms with Crippen molar-refractivity contribution < 1.29 is 9.84 Å². The molecular formula is C14H11Cl3N2O2. The van der Waals surface area contributed by atoms with Gasteiger partial charge in [0, 0.05) is 10.6 Å². The summed E-state index contributed by atoms with van der Waals surface area (Å²) >= 11 is 17.9. The van der Waals surface area contributed by atoms with Gasteiger partial charge in [0.15, 0.2) is 11.5 Å². The zero-order valence-electron chi connectivity index (χ0n) is 10.9. The van der Waals surface area contributed by atoms with E-state index < -0.39 is 0 Å². The lowest BCUT2D eigenvalue weighted by atomic mass is 10.2. The van der Waals surface area contributed by atoms with Crippen LogP contribution in [0.3, 0.4) is 0 Å². The molecule has 110 valence electrons. The fraction of sp³-hybridized carbons (Fsp3) is 0.0714. The molecule has 0 bridgehead atoms. The first-order chi connectivity index (χ1) is 10.0. The van der Waals surface area contributed by atoms with E-state index in [-0.39, 0.29) is 5.75 Å². The van der Waals surface area contributed by atoms with Crippen molar-refractivity contribution in [2.75, 3.05) is 12.5 Å². The number of ether oxygens (including phenoxy) is 1. The summed E-state index contributed by atoms with van der Waals surface area (Å²) in [6, 6.07) is 8.18. The minimum Gasteiger partial charge on any atom is -0.504 e. The maximum atomic E-state index is 9.92. The molecule has 0 aromatic heterocycles. The average Bonchev–Trinajstić information content (AvgIpc) is 2.43. The van der Waals surface area contributed by atoms with Gasteiger partial charge in [-0.05, 0) is 24.3 Å². The van der Waals surface area contributed by atoms with Gasteiger partial charge in [-0.15, -0.1) is 0 Å². The van der Waals surface area contributed by atoms with Crippen molar-refractivity contribution in [3.05, 3.63) is 51.0 Å². The highest BCUT2D eigenvalue weighted by Crippen LogP contribution is 2.33. The Morgan fingerprint density at radius 2 is 1.86 bits per heavy atom. The fourth-order valence-electron chi connectivity index (χ4n) is 1.62. The van der Waals surface area contributed by atoms with E-state index in [0.29, 0.717) is 32.1 Å². The lowest BCUT2D eigenvalue weighted by Crippen LogP contribution is -1.94. The van der Waals surface area contributed by atoms with Crippen LogP contribution in [-0.4, -0.2) is 18.4 Å². The average molecular weight is 346 g/mol. The Hall–Kier alpha value is -1.62. The van der Waals surface area contributed by atoms with E-state index >= 15 is 0 Å².